The molecule has 0 aliphatic carbocycles. The molecule has 35 heavy (non-hydrogen) atoms. The van der Waals surface area contributed by atoms with Gasteiger partial charge in [0.1, 0.15) is 12.6 Å². The predicted octanol–water partition coefficient (Wildman–Crippen LogP) is 4.79. The van der Waals surface area contributed by atoms with Crippen molar-refractivity contribution in [3.8, 4) is 0 Å². The van der Waals surface area contributed by atoms with Crippen LogP contribution in [-0.4, -0.2) is 49.5 Å². The maximum Gasteiger partial charge on any atom is 0.244 e. The number of carbonyl (C=O) groups is 2. The van der Waals surface area contributed by atoms with E-state index in [1.54, 1.807) is 49.4 Å². The molecule has 1 unspecified atom stereocenters. The fourth-order valence-electron chi connectivity index (χ4n) is 3.65. The van der Waals surface area contributed by atoms with Crippen molar-refractivity contribution >= 4 is 50.7 Å². The van der Waals surface area contributed by atoms with Gasteiger partial charge in [-0.3, -0.25) is 13.9 Å². The van der Waals surface area contributed by atoms with Gasteiger partial charge >= 0.3 is 0 Å². The van der Waals surface area contributed by atoms with E-state index in [1.165, 1.54) is 4.90 Å². The number of anilines is 1. The second-order valence-electron chi connectivity index (χ2n) is 9.51. The SMILES string of the molecule is CCC(C(=O)NC(C)(C)C)N(Cc1ccc(Cl)cc1)C(=O)CN(c1ccc(Cl)cc1C)S(C)(=O)=O. The Morgan fingerprint density at radius 2 is 1.60 bits per heavy atom. The molecule has 2 rings (SSSR count). The van der Waals surface area contributed by atoms with Gasteiger partial charge in [0.2, 0.25) is 21.8 Å². The fourth-order valence-corrected chi connectivity index (χ4v) is 4.91. The van der Waals surface area contributed by atoms with Crippen LogP contribution in [0.25, 0.3) is 0 Å². The lowest BCUT2D eigenvalue weighted by molar-refractivity contribution is -0.141. The first-order chi connectivity index (χ1) is 16.1. The normalized spacial score (nSPS) is 12.7. The van der Waals surface area contributed by atoms with Crippen LogP contribution in [0.5, 0.6) is 0 Å². The number of carbonyl (C=O) groups excluding carboxylic acids is 2. The van der Waals surface area contributed by atoms with Crippen LogP contribution in [0.3, 0.4) is 0 Å². The molecule has 0 aromatic heterocycles. The zero-order valence-electron chi connectivity index (χ0n) is 20.9. The third-order valence-corrected chi connectivity index (χ3v) is 6.87. The number of halogens is 2. The summed E-state index contributed by atoms with van der Waals surface area (Å²) >= 11 is 12.1. The van der Waals surface area contributed by atoms with Crippen molar-refractivity contribution in [1.29, 1.82) is 0 Å². The molecule has 7 nitrogen and oxygen atoms in total. The van der Waals surface area contributed by atoms with Crippen molar-refractivity contribution in [2.24, 2.45) is 0 Å². The molecule has 1 N–H and O–H groups in total. The van der Waals surface area contributed by atoms with Crippen molar-refractivity contribution in [3.05, 3.63) is 63.6 Å². The zero-order chi connectivity index (χ0) is 26.6. The smallest absolute Gasteiger partial charge is 0.244 e. The molecule has 0 heterocycles. The third-order valence-electron chi connectivity index (χ3n) is 5.26. The van der Waals surface area contributed by atoms with E-state index in [9.17, 15) is 18.0 Å². The van der Waals surface area contributed by atoms with E-state index in [2.05, 4.69) is 5.32 Å². The van der Waals surface area contributed by atoms with Crippen LogP contribution in [0, 0.1) is 6.92 Å². The van der Waals surface area contributed by atoms with Crippen molar-refractivity contribution < 1.29 is 18.0 Å². The van der Waals surface area contributed by atoms with Gasteiger partial charge in [0, 0.05) is 22.1 Å². The van der Waals surface area contributed by atoms with Crippen molar-refractivity contribution in [2.45, 2.75) is 59.2 Å². The summed E-state index contributed by atoms with van der Waals surface area (Å²) in [5.74, 6) is -0.813. The van der Waals surface area contributed by atoms with E-state index in [0.29, 0.717) is 27.7 Å². The number of benzene rings is 2. The van der Waals surface area contributed by atoms with Gasteiger partial charge in [-0.25, -0.2) is 8.42 Å². The summed E-state index contributed by atoms with van der Waals surface area (Å²) < 4.78 is 26.5. The summed E-state index contributed by atoms with van der Waals surface area (Å²) in [5, 5.41) is 3.94. The van der Waals surface area contributed by atoms with E-state index >= 15 is 0 Å². The Morgan fingerprint density at radius 3 is 2.09 bits per heavy atom. The summed E-state index contributed by atoms with van der Waals surface area (Å²) in [7, 11) is -3.82. The maximum atomic E-state index is 13.7. The number of nitrogens with zero attached hydrogens (tertiary/aromatic N) is 2. The first-order valence-corrected chi connectivity index (χ1v) is 13.8. The van der Waals surface area contributed by atoms with Crippen LogP contribution < -0.4 is 9.62 Å². The molecule has 0 saturated heterocycles. The molecule has 0 fully saturated rings. The van der Waals surface area contributed by atoms with E-state index in [1.807, 2.05) is 27.7 Å². The minimum Gasteiger partial charge on any atom is -0.350 e. The Bertz CT molecular complexity index is 1160. The maximum absolute atomic E-state index is 13.7. The predicted molar refractivity (Wildman–Crippen MR) is 142 cm³/mol. The molecule has 0 spiro atoms. The monoisotopic (exact) mass is 541 g/mol. The highest BCUT2D eigenvalue weighted by Gasteiger charge is 2.33. The van der Waals surface area contributed by atoms with Crippen LogP contribution in [-0.2, 0) is 26.2 Å². The molecule has 1 atom stereocenters. The Balaban J connectivity index is 2.48. The highest BCUT2D eigenvalue weighted by molar-refractivity contribution is 7.92. The Kier molecular flexibility index (Phi) is 9.62. The van der Waals surface area contributed by atoms with E-state index in [4.69, 9.17) is 23.2 Å². The lowest BCUT2D eigenvalue weighted by Gasteiger charge is -2.34. The second kappa shape index (κ2) is 11.6. The topological polar surface area (TPSA) is 86.8 Å². The average Bonchev–Trinajstić information content (AvgIpc) is 2.71. The van der Waals surface area contributed by atoms with Gasteiger partial charge in [-0.15, -0.1) is 0 Å². The minimum absolute atomic E-state index is 0.114. The lowest BCUT2D eigenvalue weighted by Crippen LogP contribution is -2.55. The Morgan fingerprint density at radius 1 is 1.03 bits per heavy atom. The molecule has 2 aromatic carbocycles. The molecule has 2 aromatic rings. The number of aryl methyl sites for hydroxylation is 1. The molecular formula is C25H33Cl2N3O4S. The number of sulfonamides is 1. The number of nitrogens with one attached hydrogen (secondary N) is 1. The number of rotatable bonds is 9. The summed E-state index contributed by atoms with van der Waals surface area (Å²) in [6, 6.07) is 10.9. The van der Waals surface area contributed by atoms with Gasteiger partial charge in [0.05, 0.1) is 11.9 Å². The van der Waals surface area contributed by atoms with Gasteiger partial charge in [-0.2, -0.15) is 0 Å². The van der Waals surface area contributed by atoms with Gasteiger partial charge < -0.3 is 10.2 Å². The van der Waals surface area contributed by atoms with Crippen LogP contribution in [0.15, 0.2) is 42.5 Å². The molecule has 0 aliphatic heterocycles. The van der Waals surface area contributed by atoms with E-state index in [0.717, 1.165) is 16.1 Å². The van der Waals surface area contributed by atoms with Gasteiger partial charge in [-0.05, 0) is 75.6 Å². The van der Waals surface area contributed by atoms with Crippen molar-refractivity contribution in [3.63, 3.8) is 0 Å². The summed E-state index contributed by atoms with van der Waals surface area (Å²) in [6.07, 6.45) is 1.39. The quantitative estimate of drug-likeness (QED) is 0.494. The Labute approximate surface area is 218 Å². The Hall–Kier alpha value is -2.29. The lowest BCUT2D eigenvalue weighted by atomic mass is 10.1. The van der Waals surface area contributed by atoms with Gasteiger partial charge in [0.15, 0.2) is 0 Å². The summed E-state index contributed by atoms with van der Waals surface area (Å²) in [4.78, 5) is 28.3. The minimum atomic E-state index is -3.82. The molecule has 0 saturated carbocycles. The van der Waals surface area contributed by atoms with Crippen LogP contribution in [0.1, 0.15) is 45.2 Å². The first kappa shape index (κ1) is 28.9. The number of amides is 2. The molecule has 2 amide bonds. The summed E-state index contributed by atoms with van der Waals surface area (Å²) in [5.41, 5.74) is 1.22. The highest BCUT2D eigenvalue weighted by atomic mass is 35.5. The average molecular weight is 543 g/mol. The zero-order valence-corrected chi connectivity index (χ0v) is 23.3. The highest BCUT2D eigenvalue weighted by Crippen LogP contribution is 2.26. The van der Waals surface area contributed by atoms with Gasteiger partial charge in [-0.1, -0.05) is 42.3 Å². The molecule has 0 radical (unpaired) electrons. The molecular weight excluding hydrogens is 509 g/mol. The van der Waals surface area contributed by atoms with Crippen LogP contribution >= 0.6 is 23.2 Å². The van der Waals surface area contributed by atoms with Crippen molar-refractivity contribution in [2.75, 3.05) is 17.1 Å². The second-order valence-corrected chi connectivity index (χ2v) is 12.3. The van der Waals surface area contributed by atoms with E-state index < -0.39 is 34.1 Å². The molecule has 192 valence electrons. The van der Waals surface area contributed by atoms with Crippen LogP contribution in [0.4, 0.5) is 5.69 Å². The largest absolute Gasteiger partial charge is 0.350 e. The third kappa shape index (κ3) is 8.40. The van der Waals surface area contributed by atoms with Crippen LogP contribution in [0.2, 0.25) is 10.0 Å². The first-order valence-electron chi connectivity index (χ1n) is 11.2. The van der Waals surface area contributed by atoms with E-state index in [-0.39, 0.29) is 12.5 Å². The molecule has 0 bridgehead atoms. The molecule has 10 heteroatoms. The summed E-state index contributed by atoms with van der Waals surface area (Å²) in [6.45, 7) is 8.76. The van der Waals surface area contributed by atoms with Gasteiger partial charge in [0.25, 0.3) is 0 Å². The number of hydrogen-bond donors (Lipinski definition) is 1. The van der Waals surface area contributed by atoms with Crippen molar-refractivity contribution in [1.82, 2.24) is 10.2 Å². The standard InChI is InChI=1S/C25H33Cl2N3O4S/c1-7-21(24(32)28-25(3,4)5)29(15-18-8-10-19(26)11-9-18)23(31)16-30(35(6,33)34)22-13-12-20(27)14-17(22)2/h8-14,21H,7,15-16H2,1-6H3,(H,28,32). The fraction of sp³-hybridized carbons (Fsp3) is 0.440. The molecule has 0 aliphatic rings. The number of hydrogen-bond acceptors (Lipinski definition) is 4.